The van der Waals surface area contributed by atoms with Gasteiger partial charge < -0.3 is 18.9 Å². The standard InChI is InChI=1S/C37H74O4/c1-4-6-8-10-12-22-26-30-34-40-37(41-35-31-27-23-13-11-9-7-5-2)32-28-24-20-18-16-14-15-17-19-21-25-29-33-39-36-38-3/h29,33,37H,4-28,30-32,34-36H2,1-3H3. The van der Waals surface area contributed by atoms with Gasteiger partial charge in [0.05, 0.1) is 6.26 Å². The molecule has 0 atom stereocenters. The van der Waals surface area contributed by atoms with E-state index in [-0.39, 0.29) is 6.29 Å². The van der Waals surface area contributed by atoms with Crippen LogP contribution in [0.15, 0.2) is 12.3 Å². The van der Waals surface area contributed by atoms with Gasteiger partial charge in [-0.2, -0.15) is 0 Å². The zero-order valence-corrected chi connectivity index (χ0v) is 28.3. The molecule has 41 heavy (non-hydrogen) atoms. The van der Waals surface area contributed by atoms with Crippen molar-refractivity contribution < 1.29 is 18.9 Å². The van der Waals surface area contributed by atoms with Gasteiger partial charge in [-0.1, -0.05) is 155 Å². The van der Waals surface area contributed by atoms with Crippen LogP contribution in [0.1, 0.15) is 194 Å². The van der Waals surface area contributed by atoms with E-state index < -0.39 is 0 Å². The topological polar surface area (TPSA) is 36.9 Å². The third kappa shape index (κ3) is 35.5. The summed E-state index contributed by atoms with van der Waals surface area (Å²) in [5, 5.41) is 0. The van der Waals surface area contributed by atoms with Gasteiger partial charge in [-0.3, -0.25) is 0 Å². The Kier molecular flexibility index (Phi) is 36.9. The lowest BCUT2D eigenvalue weighted by Gasteiger charge is -2.19. The number of methoxy groups -OCH3 is 1. The fourth-order valence-electron chi connectivity index (χ4n) is 5.35. The summed E-state index contributed by atoms with van der Waals surface area (Å²) in [6, 6.07) is 0. The van der Waals surface area contributed by atoms with Crippen LogP contribution in [-0.4, -0.2) is 33.4 Å². The summed E-state index contributed by atoms with van der Waals surface area (Å²) in [5.41, 5.74) is 0. The summed E-state index contributed by atoms with van der Waals surface area (Å²) < 4.78 is 22.5. The molecule has 0 saturated carbocycles. The Bertz CT molecular complexity index is 460. The van der Waals surface area contributed by atoms with Crippen molar-refractivity contribution in [2.45, 2.75) is 200 Å². The molecule has 0 bridgehead atoms. The van der Waals surface area contributed by atoms with Crippen LogP contribution in [0, 0.1) is 0 Å². The minimum atomic E-state index is 0.0190. The Hall–Kier alpha value is -0.580. The van der Waals surface area contributed by atoms with E-state index in [1.54, 1.807) is 13.4 Å². The molecule has 0 spiro atoms. The van der Waals surface area contributed by atoms with Crippen molar-refractivity contribution in [2.75, 3.05) is 27.1 Å². The second-order valence-electron chi connectivity index (χ2n) is 12.2. The van der Waals surface area contributed by atoms with Gasteiger partial charge in [0, 0.05) is 20.3 Å². The molecule has 0 aliphatic rings. The third-order valence-electron chi connectivity index (χ3n) is 8.04. The van der Waals surface area contributed by atoms with Crippen LogP contribution in [0.25, 0.3) is 0 Å². The molecule has 0 aromatic carbocycles. The summed E-state index contributed by atoms with van der Waals surface area (Å²) in [5.74, 6) is 0. The number of allylic oxidation sites excluding steroid dienone is 1. The van der Waals surface area contributed by atoms with E-state index in [1.807, 2.05) is 0 Å². The summed E-state index contributed by atoms with van der Waals surface area (Å²) >= 11 is 0. The van der Waals surface area contributed by atoms with Gasteiger partial charge in [0.25, 0.3) is 0 Å². The lowest BCUT2D eigenvalue weighted by molar-refractivity contribution is -0.148. The predicted molar refractivity (Wildman–Crippen MR) is 178 cm³/mol. The van der Waals surface area contributed by atoms with Crippen LogP contribution in [0.5, 0.6) is 0 Å². The number of ether oxygens (including phenoxy) is 4. The molecular formula is C37H74O4. The highest BCUT2D eigenvalue weighted by Crippen LogP contribution is 2.16. The molecule has 0 aliphatic heterocycles. The Balaban J connectivity index is 3.83. The molecule has 246 valence electrons. The third-order valence-corrected chi connectivity index (χ3v) is 8.04. The molecule has 4 heteroatoms. The Morgan fingerprint density at radius 1 is 0.463 bits per heavy atom. The van der Waals surface area contributed by atoms with E-state index in [1.165, 1.54) is 167 Å². The quantitative estimate of drug-likeness (QED) is 0.0418. The second kappa shape index (κ2) is 37.4. The average Bonchev–Trinajstić information content (AvgIpc) is 2.98. The van der Waals surface area contributed by atoms with Gasteiger partial charge in [0.2, 0.25) is 0 Å². The maximum atomic E-state index is 6.24. The Morgan fingerprint density at radius 2 is 0.854 bits per heavy atom. The second-order valence-corrected chi connectivity index (χ2v) is 12.2. The van der Waals surface area contributed by atoms with Crippen molar-refractivity contribution in [3.05, 3.63) is 12.3 Å². The van der Waals surface area contributed by atoms with Crippen LogP contribution >= 0.6 is 0 Å². The summed E-state index contributed by atoms with van der Waals surface area (Å²) in [6.45, 7) is 6.66. The maximum Gasteiger partial charge on any atom is 0.187 e. The first-order valence-corrected chi connectivity index (χ1v) is 18.3. The highest BCUT2D eigenvalue weighted by atomic mass is 16.7. The SMILES string of the molecule is CCCCCCCCCCOC(CCCCCCCCCCCCC=COCOC)OCCCCCCCCCC. The monoisotopic (exact) mass is 583 g/mol. The lowest BCUT2D eigenvalue weighted by Crippen LogP contribution is -2.19. The van der Waals surface area contributed by atoms with Gasteiger partial charge in [-0.05, 0) is 44.6 Å². The smallest absolute Gasteiger partial charge is 0.187 e. The summed E-state index contributed by atoms with van der Waals surface area (Å²) in [7, 11) is 1.65. The number of hydrogen-bond donors (Lipinski definition) is 0. The van der Waals surface area contributed by atoms with Gasteiger partial charge in [0.1, 0.15) is 0 Å². The molecular weight excluding hydrogens is 508 g/mol. The molecule has 0 radical (unpaired) electrons. The molecule has 0 amide bonds. The Morgan fingerprint density at radius 3 is 1.29 bits per heavy atom. The van der Waals surface area contributed by atoms with Gasteiger partial charge in [0.15, 0.2) is 13.1 Å². The van der Waals surface area contributed by atoms with E-state index in [0.717, 1.165) is 26.1 Å². The van der Waals surface area contributed by atoms with E-state index in [9.17, 15) is 0 Å². The highest BCUT2D eigenvalue weighted by molar-refractivity contribution is 4.72. The first kappa shape index (κ1) is 40.4. The molecule has 0 unspecified atom stereocenters. The molecule has 0 aromatic heterocycles. The first-order chi connectivity index (χ1) is 20.3. The van der Waals surface area contributed by atoms with Crippen molar-refractivity contribution in [2.24, 2.45) is 0 Å². The highest BCUT2D eigenvalue weighted by Gasteiger charge is 2.09. The molecule has 0 aliphatic carbocycles. The zero-order chi connectivity index (χ0) is 29.7. The zero-order valence-electron chi connectivity index (χ0n) is 28.3. The normalized spacial score (nSPS) is 11.8. The summed E-state index contributed by atoms with van der Waals surface area (Å²) in [4.78, 5) is 0. The van der Waals surface area contributed by atoms with Gasteiger partial charge in [-0.25, -0.2) is 0 Å². The number of hydrogen-bond acceptors (Lipinski definition) is 4. The van der Waals surface area contributed by atoms with Crippen LogP contribution in [0.3, 0.4) is 0 Å². The first-order valence-electron chi connectivity index (χ1n) is 18.3. The predicted octanol–water partition coefficient (Wildman–Crippen LogP) is 12.4. The van der Waals surface area contributed by atoms with Crippen LogP contribution in [0.2, 0.25) is 0 Å². The van der Waals surface area contributed by atoms with E-state index in [4.69, 9.17) is 18.9 Å². The van der Waals surface area contributed by atoms with Crippen molar-refractivity contribution in [3.63, 3.8) is 0 Å². The maximum absolute atomic E-state index is 6.24. The molecule has 0 saturated heterocycles. The van der Waals surface area contributed by atoms with Crippen molar-refractivity contribution in [1.29, 1.82) is 0 Å². The number of rotatable bonds is 36. The average molecular weight is 583 g/mol. The van der Waals surface area contributed by atoms with Crippen molar-refractivity contribution in [3.8, 4) is 0 Å². The fourth-order valence-corrected chi connectivity index (χ4v) is 5.35. The molecule has 0 heterocycles. The molecule has 0 fully saturated rings. The van der Waals surface area contributed by atoms with E-state index in [0.29, 0.717) is 6.79 Å². The van der Waals surface area contributed by atoms with Crippen LogP contribution in [-0.2, 0) is 18.9 Å². The van der Waals surface area contributed by atoms with Gasteiger partial charge in [-0.15, -0.1) is 0 Å². The van der Waals surface area contributed by atoms with E-state index >= 15 is 0 Å². The molecule has 0 aromatic rings. The number of unbranched alkanes of at least 4 members (excludes halogenated alkanes) is 24. The van der Waals surface area contributed by atoms with Crippen molar-refractivity contribution >= 4 is 0 Å². The lowest BCUT2D eigenvalue weighted by atomic mass is 10.1. The summed E-state index contributed by atoms with van der Waals surface area (Å²) in [6.07, 6.45) is 41.0. The van der Waals surface area contributed by atoms with Crippen molar-refractivity contribution in [1.82, 2.24) is 0 Å². The minimum absolute atomic E-state index is 0.0190. The largest absolute Gasteiger partial charge is 0.476 e. The molecule has 4 nitrogen and oxygen atoms in total. The minimum Gasteiger partial charge on any atom is -0.476 e. The molecule has 0 N–H and O–H groups in total. The van der Waals surface area contributed by atoms with Gasteiger partial charge >= 0.3 is 0 Å². The Labute approximate surface area is 258 Å². The fraction of sp³-hybridized carbons (Fsp3) is 0.946. The van der Waals surface area contributed by atoms with Crippen LogP contribution < -0.4 is 0 Å². The van der Waals surface area contributed by atoms with Crippen LogP contribution in [0.4, 0.5) is 0 Å². The molecule has 0 rings (SSSR count). The van der Waals surface area contributed by atoms with E-state index in [2.05, 4.69) is 19.9 Å².